The lowest BCUT2D eigenvalue weighted by atomic mass is 10.1. The molecule has 170 valence electrons. The lowest BCUT2D eigenvalue weighted by Gasteiger charge is -2.16. The highest BCUT2D eigenvalue weighted by atomic mass is 35.5. The minimum Gasteiger partial charge on any atom is -0.490 e. The number of rotatable bonds is 10. The molecule has 3 rings (SSSR count). The van der Waals surface area contributed by atoms with Crippen LogP contribution in [0.5, 0.6) is 11.5 Å². The molecule has 1 N–H and O–H groups in total. The van der Waals surface area contributed by atoms with Gasteiger partial charge in [0.05, 0.1) is 6.61 Å². The molecule has 0 amide bonds. The summed E-state index contributed by atoms with van der Waals surface area (Å²) in [5.74, 6) is 1.14. The molecule has 0 unspecified atom stereocenters. The summed E-state index contributed by atoms with van der Waals surface area (Å²) in [6.45, 7) is 3.91. The van der Waals surface area contributed by atoms with Crippen LogP contribution in [-0.4, -0.2) is 13.2 Å². The zero-order chi connectivity index (χ0) is 23.1. The highest BCUT2D eigenvalue weighted by Gasteiger charge is 2.13. The average Bonchev–Trinajstić information content (AvgIpc) is 2.74. The molecule has 0 bridgehead atoms. The van der Waals surface area contributed by atoms with Crippen LogP contribution in [0.3, 0.4) is 0 Å². The van der Waals surface area contributed by atoms with Gasteiger partial charge in [0.25, 0.3) is 0 Å². The average molecular weight is 534 g/mol. The van der Waals surface area contributed by atoms with E-state index >= 15 is 0 Å². The van der Waals surface area contributed by atoms with Gasteiger partial charge in [0.2, 0.25) is 0 Å². The minimum atomic E-state index is 0.203. The molecule has 0 aliphatic heterocycles. The van der Waals surface area contributed by atoms with Crippen molar-refractivity contribution in [2.75, 3.05) is 13.2 Å². The Hall–Kier alpha value is -1.33. The Balaban J connectivity index is 1.65. The third kappa shape index (κ3) is 6.84. The molecule has 0 atom stereocenters. The first-order chi connectivity index (χ1) is 15.4. The van der Waals surface area contributed by atoms with Crippen molar-refractivity contribution in [3.05, 3.63) is 90.3 Å². The molecule has 0 fully saturated rings. The van der Waals surface area contributed by atoms with Gasteiger partial charge in [-0.25, -0.2) is 0 Å². The van der Waals surface area contributed by atoms with E-state index in [0.29, 0.717) is 55.3 Å². The summed E-state index contributed by atoms with van der Waals surface area (Å²) in [5, 5.41) is 6.34. The predicted molar refractivity (Wildman–Crippen MR) is 135 cm³/mol. The maximum atomic E-state index is 6.52. The fourth-order valence-electron chi connectivity index (χ4n) is 3.08. The fraction of sp³-hybridized carbons (Fsp3) is 0.250. The lowest BCUT2D eigenvalue weighted by molar-refractivity contribution is 0.269. The molecule has 3 aromatic rings. The van der Waals surface area contributed by atoms with Gasteiger partial charge in [0.15, 0.2) is 11.5 Å². The Kier molecular flexibility index (Phi) is 9.66. The van der Waals surface area contributed by atoms with E-state index in [1.165, 1.54) is 0 Å². The van der Waals surface area contributed by atoms with Crippen LogP contribution in [0.4, 0.5) is 0 Å². The Morgan fingerprint density at radius 1 is 0.750 bits per heavy atom. The first-order valence-electron chi connectivity index (χ1n) is 10.0. The van der Waals surface area contributed by atoms with Crippen molar-refractivity contribution in [2.24, 2.45) is 0 Å². The van der Waals surface area contributed by atoms with Crippen LogP contribution >= 0.6 is 58.0 Å². The Morgan fingerprint density at radius 2 is 1.44 bits per heavy atom. The van der Waals surface area contributed by atoms with Crippen molar-refractivity contribution in [3.63, 3.8) is 0 Å². The topological polar surface area (TPSA) is 30.5 Å². The van der Waals surface area contributed by atoms with Gasteiger partial charge in [-0.2, -0.15) is 0 Å². The molecule has 0 saturated heterocycles. The smallest absolute Gasteiger partial charge is 0.163 e. The van der Waals surface area contributed by atoms with Gasteiger partial charge >= 0.3 is 0 Å². The van der Waals surface area contributed by atoms with E-state index in [-0.39, 0.29) is 6.61 Å². The van der Waals surface area contributed by atoms with Gasteiger partial charge in [0.1, 0.15) is 6.61 Å². The van der Waals surface area contributed by atoms with Crippen LogP contribution in [0.2, 0.25) is 25.1 Å². The number of nitrogens with one attached hydrogen (secondary N) is 1. The second-order valence-corrected chi connectivity index (χ2v) is 9.04. The minimum absolute atomic E-state index is 0.203. The quantitative estimate of drug-likeness (QED) is 0.266. The molecule has 0 heterocycles. The largest absolute Gasteiger partial charge is 0.490 e. The molecule has 0 radical (unpaired) electrons. The zero-order valence-electron chi connectivity index (χ0n) is 17.4. The van der Waals surface area contributed by atoms with Gasteiger partial charge in [-0.15, -0.1) is 0 Å². The standard InChI is InChI=1S/C24H22Cl5NO2/c1-2-31-23-10-16(13-30-9-8-15-6-7-17(25)11-21(15)28)22(29)12-24(23)32-14-18-19(26)4-3-5-20(18)27/h3-7,10-12,30H,2,8-9,13-14H2,1H3. The van der Waals surface area contributed by atoms with E-state index < -0.39 is 0 Å². The molecule has 3 nitrogen and oxygen atoms in total. The number of hydrogen-bond donors (Lipinski definition) is 1. The molecule has 0 aromatic heterocycles. The summed E-state index contributed by atoms with van der Waals surface area (Å²) in [4.78, 5) is 0. The highest BCUT2D eigenvalue weighted by molar-refractivity contribution is 6.36. The number of ether oxygens (including phenoxy) is 2. The summed E-state index contributed by atoms with van der Waals surface area (Å²) < 4.78 is 11.7. The van der Waals surface area contributed by atoms with Gasteiger partial charge in [-0.1, -0.05) is 70.1 Å². The molecular formula is C24H22Cl5NO2. The van der Waals surface area contributed by atoms with Crippen LogP contribution in [-0.2, 0) is 19.6 Å². The van der Waals surface area contributed by atoms with Crippen molar-refractivity contribution in [1.29, 1.82) is 0 Å². The maximum Gasteiger partial charge on any atom is 0.163 e. The zero-order valence-corrected chi connectivity index (χ0v) is 21.1. The van der Waals surface area contributed by atoms with Crippen molar-refractivity contribution in [2.45, 2.75) is 26.5 Å². The molecule has 8 heteroatoms. The van der Waals surface area contributed by atoms with Crippen LogP contribution in [0, 0.1) is 0 Å². The van der Waals surface area contributed by atoms with Crippen LogP contribution < -0.4 is 14.8 Å². The molecule has 3 aromatic carbocycles. The van der Waals surface area contributed by atoms with Crippen LogP contribution in [0.15, 0.2) is 48.5 Å². The van der Waals surface area contributed by atoms with Crippen molar-refractivity contribution in [1.82, 2.24) is 5.32 Å². The summed E-state index contributed by atoms with van der Waals surface area (Å²) in [7, 11) is 0. The molecule has 0 saturated carbocycles. The normalized spacial score (nSPS) is 10.9. The van der Waals surface area contributed by atoms with Crippen molar-refractivity contribution >= 4 is 58.0 Å². The van der Waals surface area contributed by atoms with E-state index in [2.05, 4.69) is 5.32 Å². The number of hydrogen-bond acceptors (Lipinski definition) is 3. The molecular weight excluding hydrogens is 512 g/mol. The van der Waals surface area contributed by atoms with Crippen molar-refractivity contribution < 1.29 is 9.47 Å². The number of halogens is 5. The monoisotopic (exact) mass is 531 g/mol. The molecule has 32 heavy (non-hydrogen) atoms. The van der Waals surface area contributed by atoms with Gasteiger partial charge < -0.3 is 14.8 Å². The lowest BCUT2D eigenvalue weighted by Crippen LogP contribution is -2.17. The molecule has 0 aliphatic carbocycles. The summed E-state index contributed by atoms with van der Waals surface area (Å²) in [6.07, 6.45) is 0.770. The van der Waals surface area contributed by atoms with Crippen LogP contribution in [0.1, 0.15) is 23.6 Å². The number of benzene rings is 3. The summed E-state index contributed by atoms with van der Waals surface area (Å²) in [6, 6.07) is 14.5. The first kappa shape index (κ1) is 25.3. The van der Waals surface area contributed by atoms with Gasteiger partial charge in [0, 0.05) is 43.3 Å². The van der Waals surface area contributed by atoms with Gasteiger partial charge in [-0.05, 0) is 61.3 Å². The SMILES string of the molecule is CCOc1cc(CNCCc2ccc(Cl)cc2Cl)c(Cl)cc1OCc1c(Cl)cccc1Cl. The van der Waals surface area contributed by atoms with E-state index in [9.17, 15) is 0 Å². The molecule has 0 spiro atoms. The Morgan fingerprint density at radius 3 is 2.12 bits per heavy atom. The van der Waals surface area contributed by atoms with Gasteiger partial charge in [-0.3, -0.25) is 0 Å². The van der Waals surface area contributed by atoms with E-state index in [4.69, 9.17) is 67.5 Å². The Labute approximate surface area is 213 Å². The van der Waals surface area contributed by atoms with Crippen molar-refractivity contribution in [3.8, 4) is 11.5 Å². The third-order valence-corrected chi connectivity index (χ3v) is 6.39. The third-order valence-electron chi connectivity index (χ3n) is 4.75. The second kappa shape index (κ2) is 12.2. The van der Waals surface area contributed by atoms with Crippen LogP contribution in [0.25, 0.3) is 0 Å². The Bertz CT molecular complexity index is 1050. The maximum absolute atomic E-state index is 6.52. The summed E-state index contributed by atoms with van der Waals surface area (Å²) in [5.41, 5.74) is 2.65. The van der Waals surface area contributed by atoms with E-state index in [1.54, 1.807) is 30.3 Å². The fourth-order valence-corrected chi connectivity index (χ4v) is 4.31. The van der Waals surface area contributed by atoms with E-state index in [1.807, 2.05) is 25.1 Å². The predicted octanol–water partition coefficient (Wildman–Crippen LogP) is 8.26. The molecule has 0 aliphatic rings. The summed E-state index contributed by atoms with van der Waals surface area (Å²) >= 11 is 31.2. The first-order valence-corrected chi connectivity index (χ1v) is 11.9. The van der Waals surface area contributed by atoms with E-state index in [0.717, 1.165) is 24.1 Å². The second-order valence-electron chi connectivity index (χ2n) is 6.97. The highest BCUT2D eigenvalue weighted by Crippen LogP contribution is 2.35.